The number of nitrogens with zero attached hydrogens (tertiary/aromatic N) is 2. The van der Waals surface area contributed by atoms with E-state index < -0.39 is 6.43 Å². The van der Waals surface area contributed by atoms with Gasteiger partial charge in [0.1, 0.15) is 0 Å². The van der Waals surface area contributed by atoms with Crippen LogP contribution in [0.1, 0.15) is 41.5 Å². The molecule has 1 aliphatic rings. The summed E-state index contributed by atoms with van der Waals surface area (Å²) < 4.78 is 30.5. The van der Waals surface area contributed by atoms with E-state index in [1.54, 1.807) is 17.0 Å². The molecule has 8 heteroatoms. The second-order valence-corrected chi connectivity index (χ2v) is 6.77. The smallest absolute Gasteiger partial charge is 0.288 e. The van der Waals surface area contributed by atoms with Crippen LogP contribution in [-0.4, -0.2) is 40.8 Å². The molecule has 0 spiro atoms. The summed E-state index contributed by atoms with van der Waals surface area (Å²) in [4.78, 5) is 30.0. The molecule has 1 fully saturated rings. The summed E-state index contributed by atoms with van der Waals surface area (Å²) in [5.74, 6) is -0.183. The fraction of sp³-hybridized carbons (Fsp3) is 0.421. The first-order chi connectivity index (χ1) is 12.9. The Morgan fingerprint density at radius 1 is 1.37 bits per heavy atom. The number of halogens is 2. The van der Waals surface area contributed by atoms with Gasteiger partial charge in [0, 0.05) is 25.1 Å². The van der Waals surface area contributed by atoms with Crippen LogP contribution in [0.4, 0.5) is 8.78 Å². The van der Waals surface area contributed by atoms with Crippen molar-refractivity contribution in [2.24, 2.45) is 5.92 Å². The Kier molecular flexibility index (Phi) is 5.83. The molecule has 1 saturated heterocycles. The van der Waals surface area contributed by atoms with E-state index in [0.717, 1.165) is 0 Å². The van der Waals surface area contributed by atoms with Crippen LogP contribution >= 0.6 is 0 Å². The Bertz CT molecular complexity index is 795. The molecule has 3 rings (SSSR count). The molecule has 1 aromatic carbocycles. The lowest BCUT2D eigenvalue weighted by Gasteiger charge is -2.17. The topological polar surface area (TPSA) is 75.4 Å². The normalized spacial score (nSPS) is 19.5. The number of likely N-dealkylation sites (tertiary alicyclic amines) is 1. The molecule has 0 aliphatic carbocycles. The lowest BCUT2D eigenvalue weighted by atomic mass is 10.1. The fourth-order valence-electron chi connectivity index (χ4n) is 3.22. The van der Waals surface area contributed by atoms with E-state index in [0.29, 0.717) is 25.1 Å². The van der Waals surface area contributed by atoms with Crippen molar-refractivity contribution in [2.75, 3.05) is 13.1 Å². The van der Waals surface area contributed by atoms with Crippen molar-refractivity contribution < 1.29 is 22.8 Å². The third-order valence-electron chi connectivity index (χ3n) is 4.77. The van der Waals surface area contributed by atoms with E-state index in [9.17, 15) is 18.4 Å². The number of oxazole rings is 1. The first-order valence-electron chi connectivity index (χ1n) is 8.78. The van der Waals surface area contributed by atoms with Crippen molar-refractivity contribution in [1.82, 2.24) is 15.2 Å². The van der Waals surface area contributed by atoms with Crippen LogP contribution in [0.15, 0.2) is 41.3 Å². The number of hydrogen-bond donors (Lipinski definition) is 1. The minimum atomic E-state index is -2.52. The minimum absolute atomic E-state index is 0.0371. The number of aromatic nitrogens is 1. The van der Waals surface area contributed by atoms with Crippen molar-refractivity contribution in [3.63, 3.8) is 0 Å². The van der Waals surface area contributed by atoms with Crippen LogP contribution < -0.4 is 5.32 Å². The Morgan fingerprint density at radius 3 is 2.89 bits per heavy atom. The highest BCUT2D eigenvalue weighted by Crippen LogP contribution is 2.21. The van der Waals surface area contributed by atoms with Gasteiger partial charge < -0.3 is 14.6 Å². The number of hydrogen-bond acceptors (Lipinski definition) is 4. The molecule has 0 bridgehead atoms. The largest absolute Gasteiger partial charge is 0.438 e. The summed E-state index contributed by atoms with van der Waals surface area (Å²) in [5.41, 5.74) is 0.675. The van der Waals surface area contributed by atoms with Crippen molar-refractivity contribution in [2.45, 2.75) is 32.2 Å². The molecule has 1 N–H and O–H groups in total. The van der Waals surface area contributed by atoms with E-state index in [1.165, 1.54) is 24.7 Å². The van der Waals surface area contributed by atoms with E-state index in [1.807, 2.05) is 6.92 Å². The lowest BCUT2D eigenvalue weighted by Crippen LogP contribution is -2.40. The third-order valence-corrected chi connectivity index (χ3v) is 4.77. The Balaban J connectivity index is 1.52. The van der Waals surface area contributed by atoms with E-state index in [-0.39, 0.29) is 41.5 Å². The van der Waals surface area contributed by atoms with Gasteiger partial charge in [0.05, 0.1) is 12.2 Å². The van der Waals surface area contributed by atoms with Gasteiger partial charge in [-0.25, -0.2) is 13.8 Å². The third kappa shape index (κ3) is 4.69. The summed E-state index contributed by atoms with van der Waals surface area (Å²) in [6.45, 7) is 2.92. The highest BCUT2D eigenvalue weighted by molar-refractivity contribution is 5.91. The monoisotopic (exact) mass is 377 g/mol. The Morgan fingerprint density at radius 2 is 2.19 bits per heavy atom. The molecule has 2 heterocycles. The molecule has 2 amide bonds. The van der Waals surface area contributed by atoms with Crippen molar-refractivity contribution >= 4 is 11.8 Å². The molecule has 27 heavy (non-hydrogen) atoms. The van der Waals surface area contributed by atoms with Gasteiger partial charge in [0.2, 0.25) is 11.7 Å². The molecule has 1 aromatic heterocycles. The molecule has 0 radical (unpaired) electrons. The van der Waals surface area contributed by atoms with Crippen LogP contribution in [0.25, 0.3) is 0 Å². The van der Waals surface area contributed by atoms with Crippen molar-refractivity contribution in [3.8, 4) is 0 Å². The van der Waals surface area contributed by atoms with Crippen molar-refractivity contribution in [3.05, 3.63) is 53.7 Å². The molecule has 2 aromatic rings. The maximum Gasteiger partial charge on any atom is 0.288 e. The van der Waals surface area contributed by atoms with E-state index >= 15 is 0 Å². The predicted molar refractivity (Wildman–Crippen MR) is 93.2 cm³/mol. The zero-order valence-corrected chi connectivity index (χ0v) is 14.9. The first kappa shape index (κ1) is 19.0. The van der Waals surface area contributed by atoms with Gasteiger partial charge in [-0.1, -0.05) is 31.2 Å². The van der Waals surface area contributed by atoms with Crippen LogP contribution in [0, 0.1) is 5.92 Å². The maximum absolute atomic E-state index is 12.8. The number of carbonyl (C=O) groups is 2. The number of alkyl halides is 2. The Hall–Kier alpha value is -2.77. The number of benzene rings is 1. The summed E-state index contributed by atoms with van der Waals surface area (Å²) >= 11 is 0. The number of amides is 2. The van der Waals surface area contributed by atoms with Gasteiger partial charge in [-0.3, -0.25) is 9.59 Å². The summed E-state index contributed by atoms with van der Waals surface area (Å²) in [6, 6.07) is 5.96. The van der Waals surface area contributed by atoms with Gasteiger partial charge in [0.25, 0.3) is 12.3 Å². The van der Waals surface area contributed by atoms with E-state index in [4.69, 9.17) is 4.42 Å². The van der Waals surface area contributed by atoms with Crippen molar-refractivity contribution in [1.29, 1.82) is 0 Å². The van der Waals surface area contributed by atoms with Crippen LogP contribution in [0.3, 0.4) is 0 Å². The molecule has 2 unspecified atom stereocenters. The fourth-order valence-corrected chi connectivity index (χ4v) is 3.22. The molecular formula is C19H21F2N3O3. The van der Waals surface area contributed by atoms with Crippen LogP contribution in [0.2, 0.25) is 0 Å². The second-order valence-electron chi connectivity index (χ2n) is 6.77. The summed E-state index contributed by atoms with van der Waals surface area (Å²) in [5, 5.41) is 2.86. The zero-order chi connectivity index (χ0) is 19.4. The molecule has 2 atom stereocenters. The van der Waals surface area contributed by atoms with Gasteiger partial charge in [-0.05, 0) is 17.9 Å². The molecular weight excluding hydrogens is 356 g/mol. The van der Waals surface area contributed by atoms with E-state index in [2.05, 4.69) is 10.3 Å². The standard InChI is InChI=1S/C19H21F2N3O3/c1-12-9-24(10-15(12)23-19(26)16-8-22-11-27-16)17(25)6-5-13-3-2-4-14(7-13)18(20)21/h2-4,7-8,11-12,15,18H,5-6,9-10H2,1H3,(H,23,26). The number of carbonyl (C=O) groups excluding carboxylic acids is 2. The number of aryl methyl sites for hydroxylation is 1. The summed E-state index contributed by atoms with van der Waals surface area (Å²) in [7, 11) is 0. The minimum Gasteiger partial charge on any atom is -0.438 e. The number of rotatable bonds is 6. The Labute approximate surface area is 155 Å². The number of nitrogens with one attached hydrogen (secondary N) is 1. The van der Waals surface area contributed by atoms with Gasteiger partial charge in [0.15, 0.2) is 6.39 Å². The SMILES string of the molecule is CC1CN(C(=O)CCc2cccc(C(F)F)c2)CC1NC(=O)c1cnco1. The maximum atomic E-state index is 12.8. The van der Waals surface area contributed by atoms with Gasteiger partial charge in [-0.2, -0.15) is 0 Å². The van der Waals surface area contributed by atoms with Gasteiger partial charge in [-0.15, -0.1) is 0 Å². The lowest BCUT2D eigenvalue weighted by molar-refractivity contribution is -0.130. The zero-order valence-electron chi connectivity index (χ0n) is 14.9. The van der Waals surface area contributed by atoms with Crippen LogP contribution in [-0.2, 0) is 11.2 Å². The predicted octanol–water partition coefficient (Wildman–Crippen LogP) is 2.82. The molecule has 6 nitrogen and oxygen atoms in total. The highest BCUT2D eigenvalue weighted by Gasteiger charge is 2.33. The van der Waals surface area contributed by atoms with Crippen LogP contribution in [0.5, 0.6) is 0 Å². The summed E-state index contributed by atoms with van der Waals surface area (Å²) in [6.07, 6.45) is 0.646. The average molecular weight is 377 g/mol. The second kappa shape index (κ2) is 8.28. The highest BCUT2D eigenvalue weighted by atomic mass is 19.3. The molecule has 0 saturated carbocycles. The quantitative estimate of drug-likeness (QED) is 0.840. The van der Waals surface area contributed by atoms with Gasteiger partial charge >= 0.3 is 0 Å². The molecule has 144 valence electrons. The molecule has 1 aliphatic heterocycles. The average Bonchev–Trinajstić information content (AvgIpc) is 3.30. The first-order valence-corrected chi connectivity index (χ1v) is 8.78.